The van der Waals surface area contributed by atoms with Crippen LogP contribution in [0.3, 0.4) is 0 Å². The molecule has 2 atom stereocenters. The highest BCUT2D eigenvalue weighted by Crippen LogP contribution is 2.47. The lowest BCUT2D eigenvalue weighted by molar-refractivity contribution is -0.137. The van der Waals surface area contributed by atoms with Gasteiger partial charge in [-0.25, -0.2) is 0 Å². The van der Waals surface area contributed by atoms with Crippen molar-refractivity contribution >= 4 is 11.6 Å². The van der Waals surface area contributed by atoms with Gasteiger partial charge in [0, 0.05) is 24.7 Å². The summed E-state index contributed by atoms with van der Waals surface area (Å²) in [6.45, 7) is 0.852. The van der Waals surface area contributed by atoms with Gasteiger partial charge < -0.3 is 15.4 Å². The molecule has 0 aromatic heterocycles. The average molecular weight is 517 g/mol. The van der Waals surface area contributed by atoms with E-state index in [9.17, 15) is 18.0 Å². The number of alkyl halides is 3. The third-order valence-corrected chi connectivity index (χ3v) is 6.59. The number of ether oxygens (including phenoxy) is 1. The summed E-state index contributed by atoms with van der Waals surface area (Å²) in [4.78, 5) is 12.5. The molecule has 1 saturated carbocycles. The highest BCUT2D eigenvalue weighted by atomic mass is 19.4. The fourth-order valence-corrected chi connectivity index (χ4v) is 4.38. The number of hydrogen-bond acceptors (Lipinski definition) is 3. The van der Waals surface area contributed by atoms with Crippen molar-refractivity contribution in [3.05, 3.63) is 125 Å². The zero-order valence-corrected chi connectivity index (χ0v) is 20.5. The van der Waals surface area contributed by atoms with Crippen molar-refractivity contribution in [2.24, 2.45) is 5.92 Å². The lowest BCUT2D eigenvalue weighted by Crippen LogP contribution is -2.24. The molecule has 0 spiro atoms. The summed E-state index contributed by atoms with van der Waals surface area (Å²) in [5.41, 5.74) is 3.11. The molecule has 4 aromatic carbocycles. The van der Waals surface area contributed by atoms with Crippen LogP contribution in [0.5, 0.6) is 11.5 Å². The summed E-state index contributed by atoms with van der Waals surface area (Å²) in [7, 11) is 0. The number of benzene rings is 4. The van der Waals surface area contributed by atoms with Gasteiger partial charge in [-0.05, 0) is 77.6 Å². The molecule has 194 valence electrons. The Kier molecular flexibility index (Phi) is 7.36. The smallest absolute Gasteiger partial charge is 0.416 e. The van der Waals surface area contributed by atoms with E-state index in [0.717, 1.165) is 46.9 Å². The van der Waals surface area contributed by atoms with Gasteiger partial charge in [0.15, 0.2) is 0 Å². The second kappa shape index (κ2) is 11.0. The second-order valence-corrected chi connectivity index (χ2v) is 9.40. The van der Waals surface area contributed by atoms with E-state index in [4.69, 9.17) is 4.74 Å². The summed E-state index contributed by atoms with van der Waals surface area (Å²) in [5, 5.41) is 6.26. The maximum absolute atomic E-state index is 12.7. The maximum atomic E-state index is 12.7. The van der Waals surface area contributed by atoms with Gasteiger partial charge in [-0.15, -0.1) is 0 Å². The molecule has 1 aliphatic carbocycles. The summed E-state index contributed by atoms with van der Waals surface area (Å²) >= 11 is 0. The van der Waals surface area contributed by atoms with Gasteiger partial charge in [-0.1, -0.05) is 54.6 Å². The molecule has 2 unspecified atom stereocenters. The number of carbonyl (C=O) groups excluding carboxylic acids is 1. The molecular weight excluding hydrogens is 489 g/mol. The number of nitrogens with one attached hydrogen (secondary N) is 2. The fraction of sp³-hybridized carbons (Fsp3) is 0.194. The Labute approximate surface area is 219 Å². The number of para-hydroxylation sites is 1. The predicted molar refractivity (Wildman–Crippen MR) is 141 cm³/mol. The van der Waals surface area contributed by atoms with E-state index in [-0.39, 0.29) is 24.3 Å². The van der Waals surface area contributed by atoms with Crippen LogP contribution < -0.4 is 15.4 Å². The van der Waals surface area contributed by atoms with Gasteiger partial charge in [0.05, 0.1) is 5.56 Å². The van der Waals surface area contributed by atoms with E-state index >= 15 is 0 Å². The minimum absolute atomic E-state index is 0.0743. The first kappa shape index (κ1) is 25.4. The first-order valence-electron chi connectivity index (χ1n) is 12.4. The minimum atomic E-state index is -4.36. The van der Waals surface area contributed by atoms with Crippen molar-refractivity contribution in [3.63, 3.8) is 0 Å². The molecule has 0 heterocycles. The van der Waals surface area contributed by atoms with Crippen molar-refractivity contribution in [2.75, 3.05) is 5.32 Å². The fourth-order valence-electron chi connectivity index (χ4n) is 4.38. The van der Waals surface area contributed by atoms with Crippen LogP contribution in [0, 0.1) is 5.92 Å². The molecule has 1 amide bonds. The van der Waals surface area contributed by atoms with E-state index in [1.165, 1.54) is 12.1 Å². The number of anilines is 1. The zero-order chi connectivity index (χ0) is 26.5. The van der Waals surface area contributed by atoms with Crippen LogP contribution >= 0.6 is 0 Å². The largest absolute Gasteiger partial charge is 0.457 e. The normalized spacial score (nSPS) is 16.5. The predicted octanol–water partition coefficient (Wildman–Crippen LogP) is 7.53. The van der Waals surface area contributed by atoms with Crippen LogP contribution in [0.4, 0.5) is 18.9 Å². The Balaban J connectivity index is 1.09. The average Bonchev–Trinajstić information content (AvgIpc) is 3.73. The summed E-state index contributed by atoms with van der Waals surface area (Å²) in [6, 6.07) is 30.5. The van der Waals surface area contributed by atoms with Crippen LogP contribution in [-0.4, -0.2) is 5.91 Å². The molecule has 38 heavy (non-hydrogen) atoms. The molecule has 0 saturated heterocycles. The second-order valence-electron chi connectivity index (χ2n) is 9.40. The van der Waals surface area contributed by atoms with Gasteiger partial charge in [0.1, 0.15) is 11.5 Å². The van der Waals surface area contributed by atoms with E-state index in [1.54, 1.807) is 0 Å². The Bertz CT molecular complexity index is 1370. The van der Waals surface area contributed by atoms with Crippen molar-refractivity contribution in [1.82, 2.24) is 5.32 Å². The lowest BCUT2D eigenvalue weighted by Gasteiger charge is -2.10. The molecule has 0 bridgehead atoms. The van der Waals surface area contributed by atoms with Crippen LogP contribution in [0.1, 0.15) is 34.6 Å². The van der Waals surface area contributed by atoms with Crippen LogP contribution in [0.15, 0.2) is 103 Å². The molecular formula is C31H27F3N2O2. The quantitative estimate of drug-likeness (QED) is 0.242. The molecule has 1 aliphatic rings. The van der Waals surface area contributed by atoms with Gasteiger partial charge in [0.25, 0.3) is 0 Å². The highest BCUT2D eigenvalue weighted by molar-refractivity contribution is 5.82. The van der Waals surface area contributed by atoms with Crippen molar-refractivity contribution in [2.45, 2.75) is 31.6 Å². The maximum Gasteiger partial charge on any atom is 0.416 e. The van der Waals surface area contributed by atoms with Crippen molar-refractivity contribution in [1.29, 1.82) is 0 Å². The Morgan fingerprint density at radius 3 is 2.21 bits per heavy atom. The molecule has 1 fully saturated rings. The topological polar surface area (TPSA) is 50.4 Å². The molecule has 0 aliphatic heterocycles. The third kappa shape index (κ3) is 6.54. The van der Waals surface area contributed by atoms with Crippen LogP contribution in [-0.2, 0) is 24.1 Å². The molecule has 4 nitrogen and oxygen atoms in total. The lowest BCUT2D eigenvalue weighted by atomic mass is 10.1. The van der Waals surface area contributed by atoms with Gasteiger partial charge in [0.2, 0.25) is 5.91 Å². The Morgan fingerprint density at radius 2 is 1.50 bits per heavy atom. The molecule has 4 aromatic rings. The van der Waals surface area contributed by atoms with E-state index in [1.807, 2.05) is 78.9 Å². The highest BCUT2D eigenvalue weighted by Gasteiger charge is 2.43. The third-order valence-electron chi connectivity index (χ3n) is 6.59. The standard InChI is InChI=1S/C31H27F3N2O2/c32-31(33,34)24-13-9-21(10-14-24)19-36-30(37)29-18-28(29)23-11-15-25(16-12-23)35-20-22-5-4-8-27(17-22)38-26-6-2-1-3-7-26/h1-17,28-29,35H,18-20H2,(H,36,37). The SMILES string of the molecule is O=C(NCc1ccc(C(F)(F)F)cc1)C1CC1c1ccc(NCc2cccc(Oc3ccccc3)c2)cc1. The summed E-state index contributed by atoms with van der Waals surface area (Å²) < 4.78 is 44.0. The Morgan fingerprint density at radius 1 is 0.789 bits per heavy atom. The van der Waals surface area contributed by atoms with Gasteiger partial charge >= 0.3 is 6.18 Å². The molecule has 2 N–H and O–H groups in total. The number of carbonyl (C=O) groups is 1. The van der Waals surface area contributed by atoms with E-state index < -0.39 is 11.7 Å². The first-order valence-corrected chi connectivity index (χ1v) is 12.4. The van der Waals surface area contributed by atoms with Crippen LogP contribution in [0.2, 0.25) is 0 Å². The Hall–Kier alpha value is -4.26. The zero-order valence-electron chi connectivity index (χ0n) is 20.5. The number of hydrogen-bond donors (Lipinski definition) is 2. The van der Waals surface area contributed by atoms with Gasteiger partial charge in [-0.2, -0.15) is 13.2 Å². The molecule has 7 heteroatoms. The van der Waals surface area contributed by atoms with Crippen molar-refractivity contribution in [3.8, 4) is 11.5 Å². The van der Waals surface area contributed by atoms with Gasteiger partial charge in [-0.3, -0.25) is 4.79 Å². The van der Waals surface area contributed by atoms with E-state index in [0.29, 0.717) is 12.1 Å². The summed E-state index contributed by atoms with van der Waals surface area (Å²) in [5.74, 6) is 1.54. The van der Waals surface area contributed by atoms with Crippen LogP contribution in [0.25, 0.3) is 0 Å². The minimum Gasteiger partial charge on any atom is -0.457 e. The van der Waals surface area contributed by atoms with E-state index in [2.05, 4.69) is 10.6 Å². The number of halogens is 3. The first-order chi connectivity index (χ1) is 18.3. The monoisotopic (exact) mass is 516 g/mol. The summed E-state index contributed by atoms with van der Waals surface area (Å²) in [6.07, 6.45) is -3.60. The molecule has 5 rings (SSSR count). The number of amides is 1. The van der Waals surface area contributed by atoms with Crippen molar-refractivity contribution < 1.29 is 22.7 Å². The number of rotatable bonds is 9. The molecule has 0 radical (unpaired) electrons.